The van der Waals surface area contributed by atoms with E-state index in [1.807, 2.05) is 23.4 Å². The number of nitrogens with zero attached hydrogens (tertiary/aromatic N) is 1. The van der Waals surface area contributed by atoms with Gasteiger partial charge >= 0.3 is 0 Å². The maximum atomic E-state index is 11.4. The molecule has 0 bridgehead atoms. The van der Waals surface area contributed by atoms with E-state index >= 15 is 0 Å². The first kappa shape index (κ1) is 8.81. The van der Waals surface area contributed by atoms with Gasteiger partial charge in [-0.05, 0) is 11.6 Å². The number of halogens is 1. The third kappa shape index (κ3) is 1.94. The smallest absolute Gasteiger partial charge is 0.224 e. The molecule has 1 N–H and O–H groups in total. The molecule has 70 valence electrons. The molecule has 2 heterocycles. The van der Waals surface area contributed by atoms with Crippen molar-refractivity contribution in [2.45, 2.75) is 17.8 Å². The number of aromatic nitrogens is 1. The van der Waals surface area contributed by atoms with E-state index in [1.54, 1.807) is 0 Å². The number of hydrogen-bond acceptors (Lipinski definition) is 1. The lowest BCUT2D eigenvalue weighted by Crippen LogP contribution is -2.24. The highest BCUT2D eigenvalue weighted by Gasteiger charge is 2.27. The predicted octanol–water partition coefficient (Wildman–Crippen LogP) is 1.51. The van der Waals surface area contributed by atoms with Crippen LogP contribution in [0.4, 0.5) is 0 Å². The summed E-state index contributed by atoms with van der Waals surface area (Å²) >= 11 is 3.45. The zero-order valence-corrected chi connectivity index (χ0v) is 8.75. The van der Waals surface area contributed by atoms with Crippen LogP contribution >= 0.6 is 15.9 Å². The van der Waals surface area contributed by atoms with E-state index in [-0.39, 0.29) is 5.91 Å². The lowest BCUT2D eigenvalue weighted by molar-refractivity contribution is -0.128. The van der Waals surface area contributed by atoms with Crippen molar-refractivity contribution in [2.75, 3.05) is 6.54 Å². The van der Waals surface area contributed by atoms with Crippen LogP contribution in [0.5, 0.6) is 0 Å². The zero-order valence-electron chi connectivity index (χ0n) is 7.16. The number of carbonyl (C=O) groups is 1. The standard InChI is InChI=1S/C9H11BrN2O/c10-8-3-9(13)12(6-8)5-7-1-2-11-4-7/h1-2,4,8,11H,3,5-6H2. The average molecular weight is 243 g/mol. The summed E-state index contributed by atoms with van der Waals surface area (Å²) in [5.41, 5.74) is 1.16. The lowest BCUT2D eigenvalue weighted by atomic mass is 10.3. The monoisotopic (exact) mass is 242 g/mol. The van der Waals surface area contributed by atoms with E-state index in [4.69, 9.17) is 0 Å². The predicted molar refractivity (Wildman–Crippen MR) is 53.5 cm³/mol. The Hall–Kier alpha value is -0.770. The molecule has 3 nitrogen and oxygen atoms in total. The summed E-state index contributed by atoms with van der Waals surface area (Å²) in [7, 11) is 0. The molecular weight excluding hydrogens is 232 g/mol. The number of H-pyrrole nitrogens is 1. The van der Waals surface area contributed by atoms with Gasteiger partial charge in [0.25, 0.3) is 0 Å². The second kappa shape index (κ2) is 3.54. The molecule has 1 aliphatic heterocycles. The van der Waals surface area contributed by atoms with Gasteiger partial charge in [-0.2, -0.15) is 0 Å². The second-order valence-corrected chi connectivity index (χ2v) is 4.59. The molecule has 0 aliphatic carbocycles. The second-order valence-electron chi connectivity index (χ2n) is 3.29. The highest BCUT2D eigenvalue weighted by atomic mass is 79.9. The third-order valence-electron chi connectivity index (χ3n) is 2.20. The van der Waals surface area contributed by atoms with Gasteiger partial charge in [0.1, 0.15) is 0 Å². The number of amides is 1. The van der Waals surface area contributed by atoms with Crippen LogP contribution in [0.15, 0.2) is 18.5 Å². The Morgan fingerprint density at radius 1 is 1.69 bits per heavy atom. The minimum atomic E-state index is 0.239. The summed E-state index contributed by atoms with van der Waals surface area (Å²) in [5, 5.41) is 0. The minimum Gasteiger partial charge on any atom is -0.367 e. The maximum absolute atomic E-state index is 11.4. The Kier molecular flexibility index (Phi) is 2.40. The summed E-state index contributed by atoms with van der Waals surface area (Å²) in [4.78, 5) is 16.6. The molecule has 0 saturated carbocycles. The van der Waals surface area contributed by atoms with Crippen molar-refractivity contribution in [2.24, 2.45) is 0 Å². The fourth-order valence-corrected chi connectivity index (χ4v) is 2.18. The average Bonchev–Trinajstić information content (AvgIpc) is 2.63. The van der Waals surface area contributed by atoms with Gasteiger partial charge in [-0.1, -0.05) is 15.9 Å². The van der Waals surface area contributed by atoms with E-state index in [0.29, 0.717) is 11.2 Å². The number of carbonyl (C=O) groups excluding carboxylic acids is 1. The quantitative estimate of drug-likeness (QED) is 0.785. The molecule has 1 fully saturated rings. The Balaban J connectivity index is 1.99. The van der Waals surface area contributed by atoms with Crippen molar-refractivity contribution in [3.8, 4) is 0 Å². The zero-order chi connectivity index (χ0) is 9.26. The Morgan fingerprint density at radius 2 is 2.54 bits per heavy atom. The normalized spacial score (nSPS) is 22.7. The summed E-state index contributed by atoms with van der Waals surface area (Å²) in [6.07, 6.45) is 4.43. The molecular formula is C9H11BrN2O. The number of hydrogen-bond donors (Lipinski definition) is 1. The molecule has 0 radical (unpaired) electrons. The molecule has 1 atom stereocenters. The van der Waals surface area contributed by atoms with Crippen molar-refractivity contribution in [1.82, 2.24) is 9.88 Å². The van der Waals surface area contributed by atoms with Gasteiger partial charge < -0.3 is 9.88 Å². The molecule has 1 amide bonds. The third-order valence-corrected chi connectivity index (χ3v) is 2.82. The van der Waals surface area contributed by atoms with Crippen molar-refractivity contribution in [1.29, 1.82) is 0 Å². The van der Waals surface area contributed by atoms with Crippen LogP contribution in [-0.2, 0) is 11.3 Å². The van der Waals surface area contributed by atoms with Crippen molar-refractivity contribution in [3.05, 3.63) is 24.0 Å². The van der Waals surface area contributed by atoms with Gasteiger partial charge in [0.15, 0.2) is 0 Å². The van der Waals surface area contributed by atoms with Crippen LogP contribution in [0, 0.1) is 0 Å². The van der Waals surface area contributed by atoms with E-state index in [0.717, 1.165) is 18.7 Å². The Morgan fingerprint density at radius 3 is 3.08 bits per heavy atom. The molecule has 0 aromatic carbocycles. The highest BCUT2D eigenvalue weighted by Crippen LogP contribution is 2.19. The molecule has 1 unspecified atom stereocenters. The molecule has 13 heavy (non-hydrogen) atoms. The fourth-order valence-electron chi connectivity index (χ4n) is 1.55. The number of aromatic amines is 1. The van der Waals surface area contributed by atoms with Gasteiger partial charge in [0, 0.05) is 36.7 Å². The molecule has 1 saturated heterocycles. The number of rotatable bonds is 2. The van der Waals surface area contributed by atoms with E-state index in [9.17, 15) is 4.79 Å². The van der Waals surface area contributed by atoms with Crippen LogP contribution in [0.1, 0.15) is 12.0 Å². The summed E-state index contributed by atoms with van der Waals surface area (Å²) < 4.78 is 0. The molecule has 4 heteroatoms. The van der Waals surface area contributed by atoms with Crippen LogP contribution in [0.3, 0.4) is 0 Å². The largest absolute Gasteiger partial charge is 0.367 e. The van der Waals surface area contributed by atoms with Crippen molar-refractivity contribution in [3.63, 3.8) is 0 Å². The first-order valence-electron chi connectivity index (χ1n) is 4.29. The maximum Gasteiger partial charge on any atom is 0.224 e. The SMILES string of the molecule is O=C1CC(Br)CN1Cc1cc[nH]c1. The van der Waals surface area contributed by atoms with Gasteiger partial charge in [0.05, 0.1) is 0 Å². The summed E-state index contributed by atoms with van der Waals surface area (Å²) in [5.74, 6) is 0.239. The van der Waals surface area contributed by atoms with Gasteiger partial charge in [-0.25, -0.2) is 0 Å². The van der Waals surface area contributed by atoms with Crippen LogP contribution in [-0.4, -0.2) is 27.2 Å². The number of likely N-dealkylation sites (tertiary alicyclic amines) is 1. The van der Waals surface area contributed by atoms with Crippen LogP contribution in [0.2, 0.25) is 0 Å². The van der Waals surface area contributed by atoms with Crippen LogP contribution in [0.25, 0.3) is 0 Å². The first-order chi connectivity index (χ1) is 6.25. The Labute approximate surface area is 85.2 Å². The van der Waals surface area contributed by atoms with E-state index in [2.05, 4.69) is 20.9 Å². The van der Waals surface area contributed by atoms with E-state index < -0.39 is 0 Å². The lowest BCUT2D eigenvalue weighted by Gasteiger charge is -2.14. The van der Waals surface area contributed by atoms with Crippen molar-refractivity contribution >= 4 is 21.8 Å². The van der Waals surface area contributed by atoms with Crippen molar-refractivity contribution < 1.29 is 4.79 Å². The summed E-state index contributed by atoms with van der Waals surface area (Å²) in [6.45, 7) is 1.55. The molecule has 1 aromatic heterocycles. The van der Waals surface area contributed by atoms with Gasteiger partial charge in [-0.15, -0.1) is 0 Å². The first-order valence-corrected chi connectivity index (χ1v) is 5.21. The number of nitrogens with one attached hydrogen (secondary N) is 1. The Bertz CT molecular complexity index is 297. The van der Waals surface area contributed by atoms with E-state index in [1.165, 1.54) is 0 Å². The fraction of sp³-hybridized carbons (Fsp3) is 0.444. The van der Waals surface area contributed by atoms with Gasteiger partial charge in [-0.3, -0.25) is 4.79 Å². The summed E-state index contributed by atoms with van der Waals surface area (Å²) in [6, 6.07) is 1.99. The molecule has 1 aromatic rings. The number of alkyl halides is 1. The molecule has 0 spiro atoms. The van der Waals surface area contributed by atoms with Gasteiger partial charge in [0.2, 0.25) is 5.91 Å². The molecule has 1 aliphatic rings. The topological polar surface area (TPSA) is 36.1 Å². The van der Waals surface area contributed by atoms with Crippen LogP contribution < -0.4 is 0 Å². The highest BCUT2D eigenvalue weighted by molar-refractivity contribution is 9.09. The minimum absolute atomic E-state index is 0.239. The molecule has 2 rings (SSSR count).